The first-order chi connectivity index (χ1) is 9.61. The van der Waals surface area contributed by atoms with Crippen molar-refractivity contribution in [2.24, 2.45) is 0 Å². The Morgan fingerprint density at radius 1 is 1.45 bits per heavy atom. The number of rotatable bonds is 5. The largest absolute Gasteiger partial charge is 0.373 e. The second-order valence-corrected chi connectivity index (χ2v) is 5.77. The maximum absolute atomic E-state index is 12.3. The number of halogens is 1. The van der Waals surface area contributed by atoms with Crippen LogP contribution in [0.15, 0.2) is 29.6 Å². The number of nitrogens with zero attached hydrogens (tertiary/aromatic N) is 2. The number of hydrogen-bond donors (Lipinski definition) is 1. The Morgan fingerprint density at radius 2 is 2.25 bits per heavy atom. The van der Waals surface area contributed by atoms with Gasteiger partial charge in [0.05, 0.1) is 5.02 Å². The minimum absolute atomic E-state index is 0.163. The Kier molecular flexibility index (Phi) is 4.98. The van der Waals surface area contributed by atoms with Gasteiger partial charge in [-0.05, 0) is 30.0 Å². The van der Waals surface area contributed by atoms with E-state index >= 15 is 0 Å². The predicted molar refractivity (Wildman–Crippen MR) is 83.8 cm³/mol. The minimum Gasteiger partial charge on any atom is -0.373 e. The Balaban J connectivity index is 2.06. The lowest BCUT2D eigenvalue weighted by Crippen LogP contribution is -2.29. The third-order valence-electron chi connectivity index (χ3n) is 2.93. The molecule has 2 heterocycles. The number of carbonyl (C=O) groups is 1. The average Bonchev–Trinajstić information content (AvgIpc) is 2.98. The molecule has 0 bridgehead atoms. The SMILES string of the molecule is CNc1ccc(Cl)c(C(=O)N(C)CCc2cccs2)n1. The third-order valence-corrected chi connectivity index (χ3v) is 4.17. The molecule has 0 atom stereocenters. The van der Waals surface area contributed by atoms with E-state index in [4.69, 9.17) is 11.6 Å². The minimum atomic E-state index is -0.163. The molecule has 0 spiro atoms. The quantitative estimate of drug-likeness (QED) is 0.923. The van der Waals surface area contributed by atoms with Gasteiger partial charge >= 0.3 is 0 Å². The summed E-state index contributed by atoms with van der Waals surface area (Å²) in [6.45, 7) is 0.640. The van der Waals surface area contributed by atoms with Gasteiger partial charge in [0, 0.05) is 25.5 Å². The Morgan fingerprint density at radius 3 is 2.90 bits per heavy atom. The van der Waals surface area contributed by atoms with Crippen molar-refractivity contribution in [3.05, 3.63) is 45.2 Å². The summed E-state index contributed by atoms with van der Waals surface area (Å²) in [7, 11) is 3.52. The lowest BCUT2D eigenvalue weighted by molar-refractivity contribution is 0.0791. The van der Waals surface area contributed by atoms with Crippen LogP contribution in [0.3, 0.4) is 0 Å². The number of aromatic nitrogens is 1. The van der Waals surface area contributed by atoms with Crippen molar-refractivity contribution < 1.29 is 4.79 Å². The standard InChI is InChI=1S/C14H16ClN3OS/c1-16-12-6-5-11(15)13(17-12)14(19)18(2)8-7-10-4-3-9-20-10/h3-6,9H,7-8H2,1-2H3,(H,16,17). The zero-order chi connectivity index (χ0) is 14.5. The monoisotopic (exact) mass is 309 g/mol. The van der Waals surface area contributed by atoms with Crippen molar-refractivity contribution in [3.8, 4) is 0 Å². The summed E-state index contributed by atoms with van der Waals surface area (Å²) in [5.74, 6) is 0.466. The molecule has 0 aliphatic carbocycles. The van der Waals surface area contributed by atoms with Gasteiger partial charge in [0.15, 0.2) is 0 Å². The van der Waals surface area contributed by atoms with Crippen molar-refractivity contribution in [2.45, 2.75) is 6.42 Å². The van der Waals surface area contributed by atoms with Crippen LogP contribution in [0.5, 0.6) is 0 Å². The molecule has 0 aromatic carbocycles. The van der Waals surface area contributed by atoms with Gasteiger partial charge in [-0.25, -0.2) is 4.98 Å². The summed E-state index contributed by atoms with van der Waals surface area (Å²) in [4.78, 5) is 19.5. The van der Waals surface area contributed by atoms with Gasteiger partial charge in [-0.3, -0.25) is 4.79 Å². The Labute approximate surface area is 127 Å². The second-order valence-electron chi connectivity index (χ2n) is 4.33. The highest BCUT2D eigenvalue weighted by molar-refractivity contribution is 7.09. The van der Waals surface area contributed by atoms with Crippen molar-refractivity contribution in [1.82, 2.24) is 9.88 Å². The van der Waals surface area contributed by atoms with Gasteiger partial charge in [-0.1, -0.05) is 17.7 Å². The van der Waals surface area contributed by atoms with Crippen LogP contribution in [0.25, 0.3) is 0 Å². The van der Waals surface area contributed by atoms with Crippen LogP contribution >= 0.6 is 22.9 Å². The number of hydrogen-bond acceptors (Lipinski definition) is 4. The molecule has 2 rings (SSSR count). The summed E-state index contributed by atoms with van der Waals surface area (Å²) < 4.78 is 0. The molecule has 0 aliphatic rings. The van der Waals surface area contributed by atoms with E-state index in [1.807, 2.05) is 11.4 Å². The fourth-order valence-electron chi connectivity index (χ4n) is 1.75. The van der Waals surface area contributed by atoms with E-state index in [0.717, 1.165) is 6.42 Å². The molecule has 20 heavy (non-hydrogen) atoms. The molecule has 0 saturated heterocycles. The molecule has 0 aliphatic heterocycles. The Bertz CT molecular complexity index is 586. The van der Waals surface area contributed by atoms with Gasteiger partial charge < -0.3 is 10.2 Å². The zero-order valence-corrected chi connectivity index (χ0v) is 13.0. The van der Waals surface area contributed by atoms with Crippen molar-refractivity contribution in [2.75, 3.05) is 26.0 Å². The van der Waals surface area contributed by atoms with E-state index in [2.05, 4.69) is 16.4 Å². The third kappa shape index (κ3) is 3.49. The number of carbonyl (C=O) groups excluding carboxylic acids is 1. The Hall–Kier alpha value is -1.59. The van der Waals surface area contributed by atoms with Crippen LogP contribution in [0, 0.1) is 0 Å². The highest BCUT2D eigenvalue weighted by Crippen LogP contribution is 2.18. The average molecular weight is 310 g/mol. The number of likely N-dealkylation sites (N-methyl/N-ethyl adjacent to an activating group) is 1. The topological polar surface area (TPSA) is 45.2 Å². The van der Waals surface area contributed by atoms with Crippen molar-refractivity contribution >= 4 is 34.7 Å². The van der Waals surface area contributed by atoms with E-state index in [1.165, 1.54) is 4.88 Å². The molecule has 0 unspecified atom stereocenters. The number of amides is 1. The van der Waals surface area contributed by atoms with Crippen LogP contribution in [-0.2, 0) is 6.42 Å². The first kappa shape index (κ1) is 14.8. The summed E-state index contributed by atoms with van der Waals surface area (Å²) >= 11 is 7.75. The molecule has 0 radical (unpaired) electrons. The van der Waals surface area contributed by atoms with Crippen LogP contribution in [0.2, 0.25) is 5.02 Å². The predicted octanol–water partition coefficient (Wildman–Crippen LogP) is 3.15. The number of nitrogens with one attached hydrogen (secondary N) is 1. The highest BCUT2D eigenvalue weighted by atomic mass is 35.5. The number of anilines is 1. The van der Waals surface area contributed by atoms with Crippen molar-refractivity contribution in [1.29, 1.82) is 0 Å². The molecule has 1 amide bonds. The van der Waals surface area contributed by atoms with Crippen LogP contribution in [0.4, 0.5) is 5.82 Å². The summed E-state index contributed by atoms with van der Waals surface area (Å²) in [5, 5.41) is 5.31. The number of pyridine rings is 1. The van der Waals surface area contributed by atoms with E-state index in [-0.39, 0.29) is 11.6 Å². The first-order valence-corrected chi connectivity index (χ1v) is 7.49. The highest BCUT2D eigenvalue weighted by Gasteiger charge is 2.17. The second kappa shape index (κ2) is 6.72. The normalized spacial score (nSPS) is 10.3. The van der Waals surface area contributed by atoms with Gasteiger partial charge in [-0.2, -0.15) is 0 Å². The number of thiophene rings is 1. The molecule has 0 saturated carbocycles. The zero-order valence-electron chi connectivity index (χ0n) is 11.4. The summed E-state index contributed by atoms with van der Waals surface area (Å²) in [5.41, 5.74) is 0.284. The van der Waals surface area contributed by atoms with Gasteiger partial charge in [0.1, 0.15) is 11.5 Å². The molecule has 4 nitrogen and oxygen atoms in total. The summed E-state index contributed by atoms with van der Waals surface area (Å²) in [6.07, 6.45) is 0.837. The van der Waals surface area contributed by atoms with E-state index in [1.54, 1.807) is 42.5 Å². The molecule has 2 aromatic rings. The lowest BCUT2D eigenvalue weighted by Gasteiger charge is -2.17. The fraction of sp³-hybridized carbons (Fsp3) is 0.286. The molecular formula is C14H16ClN3OS. The molecule has 106 valence electrons. The smallest absolute Gasteiger partial charge is 0.273 e. The van der Waals surface area contributed by atoms with E-state index < -0.39 is 0 Å². The molecule has 2 aromatic heterocycles. The molecule has 1 N–H and O–H groups in total. The maximum atomic E-state index is 12.3. The maximum Gasteiger partial charge on any atom is 0.273 e. The fourth-order valence-corrected chi connectivity index (χ4v) is 2.63. The molecule has 0 fully saturated rings. The van der Waals surface area contributed by atoms with Crippen LogP contribution < -0.4 is 5.32 Å². The van der Waals surface area contributed by atoms with Crippen molar-refractivity contribution in [3.63, 3.8) is 0 Å². The first-order valence-electron chi connectivity index (χ1n) is 6.24. The van der Waals surface area contributed by atoms with Gasteiger partial charge in [0.25, 0.3) is 5.91 Å². The van der Waals surface area contributed by atoms with Gasteiger partial charge in [0.2, 0.25) is 0 Å². The molecular weight excluding hydrogens is 294 g/mol. The van der Waals surface area contributed by atoms with Crippen LogP contribution in [-0.4, -0.2) is 36.4 Å². The van der Waals surface area contributed by atoms with E-state index in [0.29, 0.717) is 17.4 Å². The van der Waals surface area contributed by atoms with Gasteiger partial charge in [-0.15, -0.1) is 11.3 Å². The molecule has 6 heteroatoms. The lowest BCUT2D eigenvalue weighted by atomic mass is 10.3. The summed E-state index contributed by atoms with van der Waals surface area (Å²) in [6, 6.07) is 7.50. The van der Waals surface area contributed by atoms with Crippen LogP contribution in [0.1, 0.15) is 15.4 Å². The van der Waals surface area contributed by atoms with E-state index in [9.17, 15) is 4.79 Å².